The van der Waals surface area contributed by atoms with Gasteiger partial charge in [-0.3, -0.25) is 9.48 Å². The molecule has 96 valence electrons. The number of aryl methyl sites for hydroxylation is 1. The Morgan fingerprint density at radius 2 is 2.12 bits per heavy atom. The topological polar surface area (TPSA) is 34.9 Å². The third kappa shape index (κ3) is 4.33. The van der Waals surface area contributed by atoms with Gasteiger partial charge in [-0.25, -0.2) is 0 Å². The summed E-state index contributed by atoms with van der Waals surface area (Å²) in [6.07, 6.45) is 4.92. The Kier molecular flexibility index (Phi) is 4.49. The molecule has 0 spiro atoms. The predicted octanol–water partition coefficient (Wildman–Crippen LogP) is 3.09. The molecular weight excluding hydrogens is 212 g/mol. The number of ketones is 1. The summed E-state index contributed by atoms with van der Waals surface area (Å²) in [4.78, 5) is 11.9. The van der Waals surface area contributed by atoms with Crippen LogP contribution in [-0.4, -0.2) is 15.6 Å². The van der Waals surface area contributed by atoms with E-state index in [1.807, 2.05) is 17.8 Å². The van der Waals surface area contributed by atoms with Crippen LogP contribution in [0.4, 0.5) is 0 Å². The van der Waals surface area contributed by atoms with Crippen LogP contribution in [0.15, 0.2) is 12.4 Å². The monoisotopic (exact) mass is 236 g/mol. The Hall–Kier alpha value is -1.12. The fraction of sp³-hybridized carbons (Fsp3) is 0.714. The molecule has 0 radical (unpaired) electrons. The molecule has 3 heteroatoms. The smallest absolute Gasteiger partial charge is 0.137 e. The molecule has 0 aliphatic carbocycles. The molecular formula is C14H24N2O. The first-order valence-electron chi connectivity index (χ1n) is 6.36. The maximum Gasteiger partial charge on any atom is 0.137 e. The van der Waals surface area contributed by atoms with Crippen molar-refractivity contribution in [2.45, 2.75) is 54.0 Å². The Bertz CT molecular complexity index is 374. The molecule has 1 atom stereocenters. The first-order chi connectivity index (χ1) is 7.82. The van der Waals surface area contributed by atoms with Gasteiger partial charge in [0.05, 0.1) is 6.20 Å². The standard InChI is InChI=1S/C14H24N2O/c1-6-16-10-12(9-15-16)8-13(17)7-11(2)14(3,4)5/h9-11H,6-8H2,1-5H3. The van der Waals surface area contributed by atoms with E-state index in [-0.39, 0.29) is 5.41 Å². The maximum atomic E-state index is 11.9. The highest BCUT2D eigenvalue weighted by atomic mass is 16.1. The number of hydrogen-bond donors (Lipinski definition) is 0. The molecule has 0 fully saturated rings. The Morgan fingerprint density at radius 3 is 2.59 bits per heavy atom. The van der Waals surface area contributed by atoms with E-state index in [2.05, 4.69) is 32.8 Å². The lowest BCUT2D eigenvalue weighted by atomic mass is 9.79. The van der Waals surface area contributed by atoms with Crippen LogP contribution < -0.4 is 0 Å². The van der Waals surface area contributed by atoms with Crippen LogP contribution in [0.5, 0.6) is 0 Å². The minimum absolute atomic E-state index is 0.198. The number of aromatic nitrogens is 2. The molecule has 1 rings (SSSR count). The second-order valence-electron chi connectivity index (χ2n) is 5.89. The third-order valence-electron chi connectivity index (χ3n) is 3.42. The number of hydrogen-bond acceptors (Lipinski definition) is 2. The van der Waals surface area contributed by atoms with Crippen LogP contribution in [0, 0.1) is 11.3 Å². The second-order valence-corrected chi connectivity index (χ2v) is 5.89. The molecule has 0 saturated carbocycles. The number of carbonyl (C=O) groups is 1. The Morgan fingerprint density at radius 1 is 1.47 bits per heavy atom. The van der Waals surface area contributed by atoms with Gasteiger partial charge in [-0.15, -0.1) is 0 Å². The molecule has 3 nitrogen and oxygen atoms in total. The van der Waals surface area contributed by atoms with Gasteiger partial charge < -0.3 is 0 Å². The highest BCUT2D eigenvalue weighted by molar-refractivity contribution is 5.80. The van der Waals surface area contributed by atoms with Crippen molar-refractivity contribution in [1.29, 1.82) is 0 Å². The molecule has 0 aromatic carbocycles. The van der Waals surface area contributed by atoms with Crippen LogP contribution >= 0.6 is 0 Å². The van der Waals surface area contributed by atoms with Gasteiger partial charge in [0.15, 0.2) is 0 Å². The Labute approximate surface area is 104 Å². The quantitative estimate of drug-likeness (QED) is 0.787. The normalized spacial score (nSPS) is 13.7. The largest absolute Gasteiger partial charge is 0.299 e. The highest BCUT2D eigenvalue weighted by Crippen LogP contribution is 2.28. The molecule has 0 saturated heterocycles. The van der Waals surface area contributed by atoms with Crippen LogP contribution in [0.25, 0.3) is 0 Å². The van der Waals surface area contributed by atoms with E-state index in [9.17, 15) is 4.79 Å². The van der Waals surface area contributed by atoms with E-state index < -0.39 is 0 Å². The van der Waals surface area contributed by atoms with Gasteiger partial charge in [-0.05, 0) is 23.8 Å². The van der Waals surface area contributed by atoms with E-state index >= 15 is 0 Å². The zero-order valence-electron chi connectivity index (χ0n) is 11.7. The van der Waals surface area contributed by atoms with Crippen molar-refractivity contribution in [2.24, 2.45) is 11.3 Å². The lowest BCUT2D eigenvalue weighted by Crippen LogP contribution is -2.21. The third-order valence-corrected chi connectivity index (χ3v) is 3.42. The molecule has 0 aliphatic rings. The first-order valence-corrected chi connectivity index (χ1v) is 6.36. The van der Waals surface area contributed by atoms with Crippen molar-refractivity contribution in [1.82, 2.24) is 9.78 Å². The first kappa shape index (κ1) is 13.9. The molecule has 0 N–H and O–H groups in total. The fourth-order valence-corrected chi connectivity index (χ4v) is 1.62. The summed E-state index contributed by atoms with van der Waals surface area (Å²) in [5.41, 5.74) is 1.22. The van der Waals surface area contributed by atoms with Crippen LogP contribution in [0.2, 0.25) is 0 Å². The van der Waals surface area contributed by atoms with Crippen molar-refractivity contribution in [3.05, 3.63) is 18.0 Å². The Balaban J connectivity index is 2.50. The fourth-order valence-electron chi connectivity index (χ4n) is 1.62. The van der Waals surface area contributed by atoms with Gasteiger partial charge in [0.2, 0.25) is 0 Å². The summed E-state index contributed by atoms with van der Waals surface area (Å²) < 4.78 is 1.86. The lowest BCUT2D eigenvalue weighted by Gasteiger charge is -2.26. The molecule has 1 unspecified atom stereocenters. The van der Waals surface area contributed by atoms with Gasteiger partial charge >= 0.3 is 0 Å². The van der Waals surface area contributed by atoms with E-state index in [1.165, 1.54) is 0 Å². The summed E-state index contributed by atoms with van der Waals surface area (Å²) >= 11 is 0. The highest BCUT2D eigenvalue weighted by Gasteiger charge is 2.22. The summed E-state index contributed by atoms with van der Waals surface area (Å²) in [6.45, 7) is 11.6. The average Bonchev–Trinajstić information content (AvgIpc) is 2.63. The maximum absolute atomic E-state index is 11.9. The number of rotatable bonds is 5. The van der Waals surface area contributed by atoms with Gasteiger partial charge in [-0.1, -0.05) is 27.7 Å². The summed E-state index contributed by atoms with van der Waals surface area (Å²) in [6, 6.07) is 0. The number of nitrogens with zero attached hydrogens (tertiary/aromatic N) is 2. The second kappa shape index (κ2) is 5.48. The summed E-state index contributed by atoms with van der Waals surface area (Å²) in [5, 5.41) is 4.18. The molecule has 1 heterocycles. The zero-order chi connectivity index (χ0) is 13.1. The van der Waals surface area contributed by atoms with Crippen molar-refractivity contribution in [2.75, 3.05) is 0 Å². The average molecular weight is 236 g/mol. The van der Waals surface area contributed by atoms with Crippen LogP contribution in [0.1, 0.15) is 46.6 Å². The van der Waals surface area contributed by atoms with Crippen molar-refractivity contribution < 1.29 is 4.79 Å². The number of Topliss-reactive ketones (excluding diaryl/α,β-unsaturated/α-hetero) is 1. The molecule has 0 amide bonds. The van der Waals surface area contributed by atoms with Crippen molar-refractivity contribution >= 4 is 5.78 Å². The minimum atomic E-state index is 0.198. The van der Waals surface area contributed by atoms with Gasteiger partial charge in [0, 0.05) is 25.6 Å². The predicted molar refractivity (Wildman–Crippen MR) is 69.8 cm³/mol. The van der Waals surface area contributed by atoms with Crippen molar-refractivity contribution in [3.63, 3.8) is 0 Å². The van der Waals surface area contributed by atoms with Gasteiger partial charge in [0.25, 0.3) is 0 Å². The van der Waals surface area contributed by atoms with E-state index in [0.29, 0.717) is 24.5 Å². The lowest BCUT2D eigenvalue weighted by molar-refractivity contribution is -0.120. The molecule has 0 bridgehead atoms. The summed E-state index contributed by atoms with van der Waals surface area (Å²) in [5.74, 6) is 0.722. The van der Waals surface area contributed by atoms with Gasteiger partial charge in [0.1, 0.15) is 5.78 Å². The summed E-state index contributed by atoms with van der Waals surface area (Å²) in [7, 11) is 0. The molecule has 17 heavy (non-hydrogen) atoms. The van der Waals surface area contributed by atoms with Gasteiger partial charge in [-0.2, -0.15) is 5.10 Å². The van der Waals surface area contributed by atoms with E-state index in [1.54, 1.807) is 6.20 Å². The van der Waals surface area contributed by atoms with Crippen LogP contribution in [-0.2, 0) is 17.8 Å². The SMILES string of the molecule is CCn1cc(CC(=O)CC(C)C(C)(C)C)cn1. The van der Waals surface area contributed by atoms with E-state index in [4.69, 9.17) is 0 Å². The molecule has 0 aliphatic heterocycles. The zero-order valence-corrected chi connectivity index (χ0v) is 11.7. The minimum Gasteiger partial charge on any atom is -0.299 e. The molecule has 1 aromatic heterocycles. The van der Waals surface area contributed by atoms with Crippen LogP contribution in [0.3, 0.4) is 0 Å². The van der Waals surface area contributed by atoms with Crippen molar-refractivity contribution in [3.8, 4) is 0 Å². The molecule has 1 aromatic rings. The van der Waals surface area contributed by atoms with E-state index in [0.717, 1.165) is 12.1 Å². The number of carbonyl (C=O) groups excluding carboxylic acids is 1.